The van der Waals surface area contributed by atoms with E-state index in [0.717, 1.165) is 32.5 Å². The Labute approximate surface area is 167 Å². The van der Waals surface area contributed by atoms with Crippen LogP contribution in [0.4, 0.5) is 0 Å². The molecule has 6 nitrogen and oxygen atoms in total. The largest absolute Gasteiger partial charge is 0.394 e. The Balaban J connectivity index is 1.76. The number of ether oxygens (including phenoxy) is 1. The summed E-state index contributed by atoms with van der Waals surface area (Å²) >= 11 is 0. The average Bonchev–Trinajstić information content (AvgIpc) is 3.32. The van der Waals surface area contributed by atoms with Crippen LogP contribution in [0.3, 0.4) is 0 Å². The summed E-state index contributed by atoms with van der Waals surface area (Å²) in [4.78, 5) is 17.5. The molecule has 2 fully saturated rings. The van der Waals surface area contributed by atoms with E-state index in [1.807, 2.05) is 4.90 Å². The fourth-order valence-corrected chi connectivity index (χ4v) is 4.88. The molecule has 152 valence electrons. The number of nitriles is 1. The van der Waals surface area contributed by atoms with Gasteiger partial charge >= 0.3 is 0 Å². The molecule has 0 bridgehead atoms. The van der Waals surface area contributed by atoms with Gasteiger partial charge in [-0.3, -0.25) is 9.69 Å². The monoisotopic (exact) mass is 385 g/mol. The Morgan fingerprint density at radius 2 is 2.11 bits per heavy atom. The van der Waals surface area contributed by atoms with Crippen LogP contribution in [0.15, 0.2) is 24.3 Å². The minimum Gasteiger partial charge on any atom is -0.394 e. The number of benzene rings is 1. The third-order valence-electron chi connectivity index (χ3n) is 6.47. The minimum absolute atomic E-state index is 0.0219. The van der Waals surface area contributed by atoms with E-state index in [9.17, 15) is 9.90 Å². The number of methoxy groups -OCH3 is 1. The average molecular weight is 386 g/mol. The lowest BCUT2D eigenvalue weighted by molar-refractivity contribution is 0.0578. The fraction of sp³-hybridized carbons (Fsp3) is 0.636. The van der Waals surface area contributed by atoms with Gasteiger partial charge in [0, 0.05) is 31.8 Å². The maximum atomic E-state index is 13.1. The molecule has 0 unspecified atom stereocenters. The zero-order chi connectivity index (χ0) is 20.1. The molecule has 3 rings (SSSR count). The lowest BCUT2D eigenvalue weighted by atomic mass is 9.88. The molecular formula is C22H31N3O3. The van der Waals surface area contributed by atoms with Crippen LogP contribution in [-0.4, -0.2) is 72.9 Å². The summed E-state index contributed by atoms with van der Waals surface area (Å²) in [5.74, 6) is 0.581. The first-order valence-corrected chi connectivity index (χ1v) is 10.3. The first-order valence-electron chi connectivity index (χ1n) is 10.3. The molecule has 0 aromatic heterocycles. The Hall–Kier alpha value is -1.94. The predicted octanol–water partition coefficient (Wildman–Crippen LogP) is 2.13. The van der Waals surface area contributed by atoms with E-state index in [1.54, 1.807) is 31.4 Å². The Morgan fingerprint density at radius 3 is 2.71 bits per heavy atom. The van der Waals surface area contributed by atoms with Gasteiger partial charge in [-0.05, 0) is 55.5 Å². The number of aliphatic hydroxyl groups is 1. The van der Waals surface area contributed by atoms with Gasteiger partial charge in [0.2, 0.25) is 0 Å². The van der Waals surface area contributed by atoms with Crippen LogP contribution in [0.1, 0.15) is 42.1 Å². The van der Waals surface area contributed by atoms with Crippen molar-refractivity contribution in [2.45, 2.75) is 38.3 Å². The molecule has 2 saturated heterocycles. The Kier molecular flexibility index (Phi) is 7.06. The standard InChI is InChI=1S/C22H31N3O3/c1-3-17-12-25(22(27)18-8-6-16(11-23)7-9-18)21(14-26)20(17)13-24-10-4-5-19(24)15-28-2/h6-9,17,19-21,26H,3-5,10,12-15H2,1-2H3/t17-,19-,20-,21-/m1/s1. The van der Waals surface area contributed by atoms with Crippen molar-refractivity contribution in [2.24, 2.45) is 11.8 Å². The van der Waals surface area contributed by atoms with Gasteiger partial charge in [0.1, 0.15) is 0 Å². The van der Waals surface area contributed by atoms with Crippen molar-refractivity contribution in [1.82, 2.24) is 9.80 Å². The quantitative estimate of drug-likeness (QED) is 0.778. The predicted molar refractivity (Wildman–Crippen MR) is 107 cm³/mol. The highest BCUT2D eigenvalue weighted by Crippen LogP contribution is 2.35. The van der Waals surface area contributed by atoms with Crippen LogP contribution >= 0.6 is 0 Å². The molecule has 1 amide bonds. The van der Waals surface area contributed by atoms with E-state index in [2.05, 4.69) is 17.9 Å². The maximum Gasteiger partial charge on any atom is 0.254 e. The summed E-state index contributed by atoms with van der Waals surface area (Å²) in [7, 11) is 1.75. The molecule has 2 heterocycles. The van der Waals surface area contributed by atoms with Crippen LogP contribution < -0.4 is 0 Å². The molecule has 4 atom stereocenters. The topological polar surface area (TPSA) is 76.8 Å². The SMILES string of the molecule is CC[C@@H]1CN(C(=O)c2ccc(C#N)cc2)[C@H](CO)[C@@H]1CN1CCC[C@@H]1COC. The number of hydrogen-bond donors (Lipinski definition) is 1. The summed E-state index contributed by atoms with van der Waals surface area (Å²) in [6.45, 7) is 5.51. The van der Waals surface area contributed by atoms with Gasteiger partial charge in [0.25, 0.3) is 5.91 Å². The van der Waals surface area contributed by atoms with Gasteiger partial charge in [-0.25, -0.2) is 0 Å². The van der Waals surface area contributed by atoms with E-state index in [-0.39, 0.29) is 24.5 Å². The van der Waals surface area contributed by atoms with E-state index >= 15 is 0 Å². The first-order chi connectivity index (χ1) is 13.6. The molecule has 0 saturated carbocycles. The zero-order valence-electron chi connectivity index (χ0n) is 16.9. The molecule has 1 N–H and O–H groups in total. The number of hydrogen-bond acceptors (Lipinski definition) is 5. The van der Waals surface area contributed by atoms with Crippen molar-refractivity contribution in [3.8, 4) is 6.07 Å². The lowest BCUT2D eigenvalue weighted by Gasteiger charge is -2.32. The van der Waals surface area contributed by atoms with E-state index in [0.29, 0.717) is 29.6 Å². The number of likely N-dealkylation sites (tertiary alicyclic amines) is 2. The highest BCUT2D eigenvalue weighted by molar-refractivity contribution is 5.94. The van der Waals surface area contributed by atoms with Crippen molar-refractivity contribution in [3.63, 3.8) is 0 Å². The molecular weight excluding hydrogens is 354 g/mol. The highest BCUT2D eigenvalue weighted by Gasteiger charge is 2.44. The molecule has 2 aliphatic rings. The number of amides is 1. The minimum atomic E-state index is -0.170. The molecule has 1 aromatic rings. The molecule has 0 aliphatic carbocycles. The van der Waals surface area contributed by atoms with Crippen molar-refractivity contribution in [1.29, 1.82) is 5.26 Å². The van der Waals surface area contributed by atoms with Gasteiger partial charge in [0.15, 0.2) is 0 Å². The third-order valence-corrected chi connectivity index (χ3v) is 6.47. The lowest BCUT2D eigenvalue weighted by Crippen LogP contribution is -2.45. The smallest absolute Gasteiger partial charge is 0.254 e. The zero-order valence-corrected chi connectivity index (χ0v) is 16.9. The number of nitrogens with zero attached hydrogens (tertiary/aromatic N) is 3. The van der Waals surface area contributed by atoms with Crippen molar-refractivity contribution in [3.05, 3.63) is 35.4 Å². The van der Waals surface area contributed by atoms with Crippen molar-refractivity contribution in [2.75, 3.05) is 40.0 Å². The van der Waals surface area contributed by atoms with E-state index in [1.165, 1.54) is 6.42 Å². The molecule has 28 heavy (non-hydrogen) atoms. The number of carbonyl (C=O) groups excluding carboxylic acids is 1. The summed E-state index contributed by atoms with van der Waals surface area (Å²) in [5.41, 5.74) is 1.12. The van der Waals surface area contributed by atoms with Gasteiger partial charge in [0.05, 0.1) is 30.9 Å². The summed E-state index contributed by atoms with van der Waals surface area (Å²) in [5, 5.41) is 19.1. The van der Waals surface area contributed by atoms with Crippen molar-refractivity contribution >= 4 is 5.91 Å². The Bertz CT molecular complexity index is 700. The first kappa shape index (κ1) is 20.8. The van der Waals surface area contributed by atoms with E-state index < -0.39 is 0 Å². The third kappa shape index (κ3) is 4.22. The van der Waals surface area contributed by atoms with Gasteiger partial charge in [-0.1, -0.05) is 13.3 Å². The molecule has 1 aromatic carbocycles. The number of carbonyl (C=O) groups is 1. The summed E-state index contributed by atoms with van der Waals surface area (Å²) in [6.07, 6.45) is 3.31. The van der Waals surface area contributed by atoms with Crippen LogP contribution in [0, 0.1) is 23.2 Å². The van der Waals surface area contributed by atoms with Gasteiger partial charge in [-0.2, -0.15) is 5.26 Å². The second kappa shape index (κ2) is 9.51. The molecule has 2 aliphatic heterocycles. The number of rotatable bonds is 7. The van der Waals surface area contributed by atoms with Crippen LogP contribution in [0.2, 0.25) is 0 Å². The van der Waals surface area contributed by atoms with Gasteiger partial charge < -0.3 is 14.7 Å². The summed E-state index contributed by atoms with van der Waals surface area (Å²) in [6, 6.07) is 9.10. The fourth-order valence-electron chi connectivity index (χ4n) is 4.88. The second-order valence-electron chi connectivity index (χ2n) is 7.98. The molecule has 0 spiro atoms. The molecule has 6 heteroatoms. The molecule has 0 radical (unpaired) electrons. The maximum absolute atomic E-state index is 13.1. The Morgan fingerprint density at radius 1 is 1.36 bits per heavy atom. The van der Waals surface area contributed by atoms with Crippen LogP contribution in [-0.2, 0) is 4.74 Å². The van der Waals surface area contributed by atoms with E-state index in [4.69, 9.17) is 10.00 Å². The highest BCUT2D eigenvalue weighted by atomic mass is 16.5. The number of aliphatic hydroxyl groups excluding tert-OH is 1. The summed E-state index contributed by atoms with van der Waals surface area (Å²) < 4.78 is 5.38. The van der Waals surface area contributed by atoms with Crippen LogP contribution in [0.25, 0.3) is 0 Å². The van der Waals surface area contributed by atoms with Crippen LogP contribution in [0.5, 0.6) is 0 Å². The second-order valence-corrected chi connectivity index (χ2v) is 7.98. The van der Waals surface area contributed by atoms with Gasteiger partial charge in [-0.15, -0.1) is 0 Å². The van der Waals surface area contributed by atoms with Crippen molar-refractivity contribution < 1.29 is 14.6 Å². The normalized spacial score (nSPS) is 27.9.